The van der Waals surface area contributed by atoms with Crippen molar-refractivity contribution in [1.82, 2.24) is 0 Å². The standard InChI is InChI=1S/C17H20O2/c1-4-13-8-7-11-16(19-3)17(13)15-10-6-5-9-14(15)12(2)18/h5-12,18H,4H2,1-3H3/t12-/m1/s1. The van der Waals surface area contributed by atoms with E-state index in [-0.39, 0.29) is 0 Å². The number of ether oxygens (including phenoxy) is 1. The Labute approximate surface area is 114 Å². The molecule has 2 rings (SSSR count). The van der Waals surface area contributed by atoms with E-state index in [2.05, 4.69) is 13.0 Å². The van der Waals surface area contributed by atoms with Gasteiger partial charge in [-0.2, -0.15) is 0 Å². The molecule has 2 aromatic carbocycles. The van der Waals surface area contributed by atoms with Gasteiger partial charge in [-0.05, 0) is 36.1 Å². The summed E-state index contributed by atoms with van der Waals surface area (Å²) in [6.07, 6.45) is 0.437. The van der Waals surface area contributed by atoms with Crippen LogP contribution in [-0.4, -0.2) is 12.2 Å². The summed E-state index contributed by atoms with van der Waals surface area (Å²) in [5.41, 5.74) is 4.30. The van der Waals surface area contributed by atoms with E-state index in [0.29, 0.717) is 0 Å². The van der Waals surface area contributed by atoms with Crippen LogP contribution in [0.4, 0.5) is 0 Å². The molecule has 100 valence electrons. The van der Waals surface area contributed by atoms with Crippen molar-refractivity contribution in [2.75, 3.05) is 7.11 Å². The summed E-state index contributed by atoms with van der Waals surface area (Å²) in [6, 6.07) is 14.0. The van der Waals surface area contributed by atoms with Gasteiger partial charge < -0.3 is 9.84 Å². The minimum atomic E-state index is -0.495. The second kappa shape index (κ2) is 5.89. The normalized spacial score (nSPS) is 12.2. The quantitative estimate of drug-likeness (QED) is 0.896. The lowest BCUT2D eigenvalue weighted by Gasteiger charge is -2.17. The molecule has 2 aromatic rings. The van der Waals surface area contributed by atoms with E-state index in [9.17, 15) is 5.11 Å². The Morgan fingerprint density at radius 2 is 1.84 bits per heavy atom. The molecule has 0 aliphatic heterocycles. The molecule has 19 heavy (non-hydrogen) atoms. The van der Waals surface area contributed by atoms with Gasteiger partial charge in [0.05, 0.1) is 13.2 Å². The first-order valence-electron chi connectivity index (χ1n) is 6.62. The molecular weight excluding hydrogens is 236 g/mol. The van der Waals surface area contributed by atoms with Crippen LogP contribution in [0.25, 0.3) is 11.1 Å². The molecule has 0 aliphatic carbocycles. The number of aliphatic hydroxyl groups excluding tert-OH is 1. The number of hydrogen-bond donors (Lipinski definition) is 1. The van der Waals surface area contributed by atoms with E-state index in [1.165, 1.54) is 5.56 Å². The van der Waals surface area contributed by atoms with Crippen LogP contribution in [0.5, 0.6) is 5.75 Å². The van der Waals surface area contributed by atoms with Crippen molar-refractivity contribution in [2.24, 2.45) is 0 Å². The topological polar surface area (TPSA) is 29.5 Å². The first-order chi connectivity index (χ1) is 9.19. The van der Waals surface area contributed by atoms with Crippen molar-refractivity contribution < 1.29 is 9.84 Å². The molecule has 0 unspecified atom stereocenters. The van der Waals surface area contributed by atoms with Crippen molar-refractivity contribution in [3.8, 4) is 16.9 Å². The molecule has 2 nitrogen and oxygen atoms in total. The number of hydrogen-bond acceptors (Lipinski definition) is 2. The van der Waals surface area contributed by atoms with Crippen molar-refractivity contribution in [1.29, 1.82) is 0 Å². The molecule has 0 spiro atoms. The lowest BCUT2D eigenvalue weighted by atomic mass is 9.91. The van der Waals surface area contributed by atoms with Crippen LogP contribution in [0.3, 0.4) is 0 Å². The molecule has 0 bridgehead atoms. The van der Waals surface area contributed by atoms with E-state index < -0.39 is 6.10 Å². The van der Waals surface area contributed by atoms with E-state index in [1.54, 1.807) is 14.0 Å². The highest BCUT2D eigenvalue weighted by Crippen LogP contribution is 2.37. The zero-order valence-corrected chi connectivity index (χ0v) is 11.7. The summed E-state index contributed by atoms with van der Waals surface area (Å²) in [5, 5.41) is 9.95. The van der Waals surface area contributed by atoms with Gasteiger partial charge in [0.15, 0.2) is 0 Å². The van der Waals surface area contributed by atoms with Crippen LogP contribution in [0.2, 0.25) is 0 Å². The van der Waals surface area contributed by atoms with Crippen LogP contribution < -0.4 is 4.74 Å². The van der Waals surface area contributed by atoms with Crippen molar-refractivity contribution >= 4 is 0 Å². The summed E-state index contributed by atoms with van der Waals surface area (Å²) in [7, 11) is 1.68. The summed E-state index contributed by atoms with van der Waals surface area (Å²) in [5.74, 6) is 0.854. The first-order valence-corrected chi connectivity index (χ1v) is 6.62. The highest BCUT2D eigenvalue weighted by molar-refractivity contribution is 5.77. The molecule has 0 aromatic heterocycles. The van der Waals surface area contributed by atoms with Crippen LogP contribution in [-0.2, 0) is 6.42 Å². The third-order valence-electron chi connectivity index (χ3n) is 3.39. The zero-order chi connectivity index (χ0) is 13.8. The molecule has 1 N–H and O–H groups in total. The molecule has 0 saturated heterocycles. The summed E-state index contributed by atoms with van der Waals surface area (Å²) in [6.45, 7) is 3.92. The van der Waals surface area contributed by atoms with Crippen LogP contribution in [0.1, 0.15) is 31.1 Å². The predicted molar refractivity (Wildman–Crippen MR) is 78.4 cm³/mol. The SMILES string of the molecule is CCc1cccc(OC)c1-c1ccccc1[C@@H](C)O. The average molecular weight is 256 g/mol. The average Bonchev–Trinajstić information content (AvgIpc) is 2.46. The Kier molecular flexibility index (Phi) is 4.23. The number of methoxy groups -OCH3 is 1. The van der Waals surface area contributed by atoms with Crippen LogP contribution >= 0.6 is 0 Å². The Hall–Kier alpha value is -1.80. The summed E-state index contributed by atoms with van der Waals surface area (Å²) in [4.78, 5) is 0. The Bertz CT molecular complexity index is 537. The molecule has 0 aliphatic rings. The largest absolute Gasteiger partial charge is 0.496 e. The van der Waals surface area contributed by atoms with Gasteiger partial charge in [0, 0.05) is 5.56 Å². The second-order valence-corrected chi connectivity index (χ2v) is 4.61. The van der Waals surface area contributed by atoms with Crippen molar-refractivity contribution in [3.63, 3.8) is 0 Å². The van der Waals surface area contributed by atoms with Gasteiger partial charge in [-0.15, -0.1) is 0 Å². The fourth-order valence-electron chi connectivity index (χ4n) is 2.44. The maximum absolute atomic E-state index is 9.95. The lowest BCUT2D eigenvalue weighted by molar-refractivity contribution is 0.200. The molecule has 0 fully saturated rings. The second-order valence-electron chi connectivity index (χ2n) is 4.61. The number of benzene rings is 2. The summed E-state index contributed by atoms with van der Waals surface area (Å²) < 4.78 is 5.50. The Morgan fingerprint density at radius 3 is 2.47 bits per heavy atom. The van der Waals surface area contributed by atoms with Crippen molar-refractivity contribution in [2.45, 2.75) is 26.4 Å². The maximum atomic E-state index is 9.95. The predicted octanol–water partition coefficient (Wildman–Crippen LogP) is 3.98. The van der Waals surface area contributed by atoms with Gasteiger partial charge >= 0.3 is 0 Å². The van der Waals surface area contributed by atoms with Gasteiger partial charge in [-0.3, -0.25) is 0 Å². The van der Waals surface area contributed by atoms with Gasteiger partial charge in [0.25, 0.3) is 0 Å². The molecule has 0 radical (unpaired) electrons. The van der Waals surface area contributed by atoms with Gasteiger partial charge in [-0.25, -0.2) is 0 Å². The smallest absolute Gasteiger partial charge is 0.126 e. The number of rotatable bonds is 4. The lowest BCUT2D eigenvalue weighted by Crippen LogP contribution is -1.99. The monoisotopic (exact) mass is 256 g/mol. The third-order valence-corrected chi connectivity index (χ3v) is 3.39. The van der Waals surface area contributed by atoms with Gasteiger partial charge in [0.2, 0.25) is 0 Å². The molecule has 0 heterocycles. The van der Waals surface area contributed by atoms with E-state index >= 15 is 0 Å². The molecular formula is C17H20O2. The molecule has 2 heteroatoms. The van der Waals surface area contributed by atoms with Crippen LogP contribution in [0.15, 0.2) is 42.5 Å². The van der Waals surface area contributed by atoms with Crippen molar-refractivity contribution in [3.05, 3.63) is 53.6 Å². The van der Waals surface area contributed by atoms with E-state index in [4.69, 9.17) is 4.74 Å². The summed E-state index contributed by atoms with van der Waals surface area (Å²) >= 11 is 0. The highest BCUT2D eigenvalue weighted by atomic mass is 16.5. The van der Waals surface area contributed by atoms with Gasteiger partial charge in [-0.1, -0.05) is 43.3 Å². The number of aliphatic hydroxyl groups is 1. The first kappa shape index (κ1) is 13.6. The minimum absolute atomic E-state index is 0.495. The molecule has 0 amide bonds. The molecule has 1 atom stereocenters. The fourth-order valence-corrected chi connectivity index (χ4v) is 2.44. The number of aryl methyl sites for hydroxylation is 1. The third kappa shape index (κ3) is 2.64. The van der Waals surface area contributed by atoms with Crippen LogP contribution in [0, 0.1) is 0 Å². The maximum Gasteiger partial charge on any atom is 0.126 e. The Balaban J connectivity index is 2.71. The Morgan fingerprint density at radius 1 is 1.11 bits per heavy atom. The fraction of sp³-hybridized carbons (Fsp3) is 0.294. The van der Waals surface area contributed by atoms with E-state index in [1.807, 2.05) is 36.4 Å². The van der Waals surface area contributed by atoms with E-state index in [0.717, 1.165) is 28.9 Å². The highest BCUT2D eigenvalue weighted by Gasteiger charge is 2.15. The minimum Gasteiger partial charge on any atom is -0.496 e. The molecule has 0 saturated carbocycles. The van der Waals surface area contributed by atoms with Gasteiger partial charge in [0.1, 0.15) is 5.75 Å². The zero-order valence-electron chi connectivity index (χ0n) is 11.7.